The van der Waals surface area contributed by atoms with Crippen LogP contribution < -0.4 is 11.1 Å². The molecule has 2 bridgehead atoms. The van der Waals surface area contributed by atoms with Gasteiger partial charge < -0.3 is 11.1 Å². The summed E-state index contributed by atoms with van der Waals surface area (Å²) in [6, 6.07) is 12.1. The van der Waals surface area contributed by atoms with Gasteiger partial charge in [-0.2, -0.15) is 0 Å². The highest BCUT2D eigenvalue weighted by Crippen LogP contribution is 2.36. The van der Waals surface area contributed by atoms with Gasteiger partial charge in [-0.15, -0.1) is 11.3 Å². The van der Waals surface area contributed by atoms with Crippen LogP contribution in [-0.2, 0) is 13.0 Å². The van der Waals surface area contributed by atoms with E-state index in [0.29, 0.717) is 24.3 Å². The number of carbonyl (C=O) groups excluding carboxylic acids is 1. The standard InChI is InChI=1S/C20H26N4OS/c21-9-8-19-23-18(13-26-19)20(25)22-15-10-16-6-7-17(11-15)24(16)12-14-4-2-1-3-5-14/h1-5,13,15-17H,6-12,21H2,(H,22,25). The van der Waals surface area contributed by atoms with Crippen LogP contribution in [0.5, 0.6) is 0 Å². The van der Waals surface area contributed by atoms with E-state index >= 15 is 0 Å². The molecule has 5 nitrogen and oxygen atoms in total. The maximum absolute atomic E-state index is 12.5. The van der Waals surface area contributed by atoms with Gasteiger partial charge in [0.25, 0.3) is 5.91 Å². The van der Waals surface area contributed by atoms with E-state index < -0.39 is 0 Å². The Hall–Kier alpha value is -1.76. The van der Waals surface area contributed by atoms with Crippen molar-refractivity contribution < 1.29 is 4.79 Å². The second-order valence-electron chi connectivity index (χ2n) is 7.35. The van der Waals surface area contributed by atoms with Gasteiger partial charge in [-0.25, -0.2) is 4.98 Å². The van der Waals surface area contributed by atoms with Crippen LogP contribution in [0.4, 0.5) is 0 Å². The minimum atomic E-state index is -0.0366. The second kappa shape index (κ2) is 7.86. The number of carbonyl (C=O) groups is 1. The lowest BCUT2D eigenvalue weighted by Gasteiger charge is -2.39. The summed E-state index contributed by atoms with van der Waals surface area (Å²) in [5.41, 5.74) is 7.48. The fraction of sp³-hybridized carbons (Fsp3) is 0.500. The number of thiazole rings is 1. The van der Waals surface area contributed by atoms with E-state index in [1.165, 1.54) is 29.7 Å². The molecule has 1 aromatic heterocycles. The zero-order valence-electron chi connectivity index (χ0n) is 14.9. The summed E-state index contributed by atoms with van der Waals surface area (Å²) in [5, 5.41) is 6.01. The molecule has 2 saturated heterocycles. The Labute approximate surface area is 158 Å². The van der Waals surface area contributed by atoms with Crippen LogP contribution in [0.3, 0.4) is 0 Å². The van der Waals surface area contributed by atoms with Gasteiger partial charge in [0.15, 0.2) is 0 Å². The lowest BCUT2D eigenvalue weighted by molar-refractivity contribution is 0.0824. The van der Waals surface area contributed by atoms with Crippen LogP contribution in [0.2, 0.25) is 0 Å². The molecule has 138 valence electrons. The summed E-state index contributed by atoms with van der Waals surface area (Å²) in [5.74, 6) is -0.0366. The normalized spacial score (nSPS) is 25.3. The third-order valence-corrected chi connectivity index (χ3v) is 6.48. The van der Waals surface area contributed by atoms with Gasteiger partial charge in [-0.05, 0) is 37.8 Å². The molecule has 0 spiro atoms. The number of nitrogens with one attached hydrogen (secondary N) is 1. The summed E-state index contributed by atoms with van der Waals surface area (Å²) in [6.07, 6.45) is 5.28. The quantitative estimate of drug-likeness (QED) is 0.820. The molecule has 2 fully saturated rings. The number of hydrogen-bond acceptors (Lipinski definition) is 5. The summed E-state index contributed by atoms with van der Waals surface area (Å²) in [4.78, 5) is 19.6. The van der Waals surface area contributed by atoms with Gasteiger partial charge in [-0.1, -0.05) is 30.3 Å². The number of rotatable bonds is 6. The number of nitrogens with two attached hydrogens (primary N) is 1. The van der Waals surface area contributed by atoms with Crippen molar-refractivity contribution in [2.45, 2.75) is 56.8 Å². The van der Waals surface area contributed by atoms with E-state index in [9.17, 15) is 4.79 Å². The molecule has 3 heterocycles. The first-order valence-corrected chi connectivity index (χ1v) is 10.4. The second-order valence-corrected chi connectivity index (χ2v) is 8.29. The first kappa shape index (κ1) is 17.6. The molecule has 3 N–H and O–H groups in total. The van der Waals surface area contributed by atoms with Crippen LogP contribution in [0, 0.1) is 0 Å². The maximum Gasteiger partial charge on any atom is 0.270 e. The van der Waals surface area contributed by atoms with Gasteiger partial charge in [-0.3, -0.25) is 9.69 Å². The van der Waals surface area contributed by atoms with E-state index in [-0.39, 0.29) is 11.9 Å². The van der Waals surface area contributed by atoms with Crippen LogP contribution in [0.25, 0.3) is 0 Å². The Bertz CT molecular complexity index is 733. The number of benzene rings is 1. The van der Waals surface area contributed by atoms with Crippen molar-refractivity contribution >= 4 is 17.2 Å². The molecule has 2 unspecified atom stereocenters. The van der Waals surface area contributed by atoms with Crippen LogP contribution in [-0.4, -0.2) is 40.5 Å². The van der Waals surface area contributed by atoms with E-state index in [4.69, 9.17) is 5.73 Å². The van der Waals surface area contributed by atoms with Crippen LogP contribution in [0.15, 0.2) is 35.7 Å². The molecular weight excluding hydrogens is 344 g/mol. The van der Waals surface area contributed by atoms with Gasteiger partial charge >= 0.3 is 0 Å². The molecule has 2 aliphatic heterocycles. The van der Waals surface area contributed by atoms with Crippen molar-refractivity contribution in [3.63, 3.8) is 0 Å². The van der Waals surface area contributed by atoms with Gasteiger partial charge in [0.05, 0.1) is 5.01 Å². The molecule has 0 radical (unpaired) electrons. The molecule has 2 aromatic rings. The summed E-state index contributed by atoms with van der Waals surface area (Å²) < 4.78 is 0. The molecule has 1 aromatic carbocycles. The lowest BCUT2D eigenvalue weighted by Crippen LogP contribution is -2.50. The fourth-order valence-corrected chi connectivity index (χ4v) is 5.15. The third-order valence-electron chi connectivity index (χ3n) is 5.57. The Morgan fingerprint density at radius 1 is 1.23 bits per heavy atom. The molecule has 2 atom stereocenters. The number of amides is 1. The largest absolute Gasteiger partial charge is 0.348 e. The SMILES string of the molecule is NCCc1nc(C(=O)NC2CC3CCC(C2)N3Cc2ccccc2)cs1. The molecule has 0 saturated carbocycles. The highest BCUT2D eigenvalue weighted by atomic mass is 32.1. The van der Waals surface area contributed by atoms with Crippen molar-refractivity contribution in [3.8, 4) is 0 Å². The van der Waals surface area contributed by atoms with Crippen molar-refractivity contribution in [2.24, 2.45) is 5.73 Å². The minimum absolute atomic E-state index is 0.0366. The number of hydrogen-bond donors (Lipinski definition) is 2. The highest BCUT2D eigenvalue weighted by molar-refractivity contribution is 7.09. The number of nitrogens with zero attached hydrogens (tertiary/aromatic N) is 2. The van der Waals surface area contributed by atoms with E-state index in [1.54, 1.807) is 0 Å². The first-order chi connectivity index (χ1) is 12.7. The predicted octanol–water partition coefficient (Wildman–Crippen LogP) is 2.57. The summed E-state index contributed by atoms with van der Waals surface area (Å²) in [7, 11) is 0. The van der Waals surface area contributed by atoms with E-state index in [2.05, 4.69) is 45.5 Å². The lowest BCUT2D eigenvalue weighted by atomic mass is 9.96. The van der Waals surface area contributed by atoms with Gasteiger partial charge in [0.1, 0.15) is 5.69 Å². The predicted molar refractivity (Wildman–Crippen MR) is 104 cm³/mol. The molecule has 1 amide bonds. The monoisotopic (exact) mass is 370 g/mol. The Kier molecular flexibility index (Phi) is 5.33. The summed E-state index contributed by atoms with van der Waals surface area (Å²) >= 11 is 1.52. The number of piperidine rings is 1. The fourth-order valence-electron chi connectivity index (χ4n) is 4.36. The van der Waals surface area contributed by atoms with Crippen LogP contribution >= 0.6 is 11.3 Å². The molecular formula is C20H26N4OS. The van der Waals surface area contributed by atoms with E-state index in [0.717, 1.165) is 30.8 Å². The Morgan fingerprint density at radius 3 is 2.65 bits per heavy atom. The maximum atomic E-state index is 12.5. The zero-order valence-corrected chi connectivity index (χ0v) is 15.8. The number of aromatic nitrogens is 1. The van der Waals surface area contributed by atoms with Gasteiger partial charge in [0.2, 0.25) is 0 Å². The molecule has 2 aliphatic rings. The Morgan fingerprint density at radius 2 is 1.96 bits per heavy atom. The van der Waals surface area contributed by atoms with Crippen molar-refractivity contribution in [1.82, 2.24) is 15.2 Å². The van der Waals surface area contributed by atoms with Crippen molar-refractivity contribution in [3.05, 3.63) is 52.0 Å². The highest BCUT2D eigenvalue weighted by Gasteiger charge is 2.41. The van der Waals surface area contributed by atoms with E-state index in [1.807, 2.05) is 5.38 Å². The van der Waals surface area contributed by atoms with Crippen molar-refractivity contribution in [2.75, 3.05) is 6.54 Å². The summed E-state index contributed by atoms with van der Waals surface area (Å²) in [6.45, 7) is 1.59. The third kappa shape index (κ3) is 3.82. The number of fused-ring (bicyclic) bond motifs is 2. The zero-order chi connectivity index (χ0) is 17.9. The molecule has 6 heteroatoms. The van der Waals surface area contributed by atoms with Crippen molar-refractivity contribution in [1.29, 1.82) is 0 Å². The van der Waals surface area contributed by atoms with Gasteiger partial charge in [0, 0.05) is 36.5 Å². The molecule has 0 aliphatic carbocycles. The smallest absolute Gasteiger partial charge is 0.270 e. The van der Waals surface area contributed by atoms with Crippen LogP contribution in [0.1, 0.15) is 46.7 Å². The first-order valence-electron chi connectivity index (χ1n) is 9.48. The Balaban J connectivity index is 1.35. The topological polar surface area (TPSA) is 71.2 Å². The molecule has 26 heavy (non-hydrogen) atoms. The average molecular weight is 371 g/mol. The average Bonchev–Trinajstić information content (AvgIpc) is 3.19. The minimum Gasteiger partial charge on any atom is -0.348 e. The molecule has 4 rings (SSSR count).